The highest BCUT2D eigenvalue weighted by molar-refractivity contribution is 5.97. The van der Waals surface area contributed by atoms with Gasteiger partial charge in [0.15, 0.2) is 0 Å². The SMILES string of the molecule is C[C@@H]1CC[C@@H](C)N(C(=O)c2ccccc2OC(F)(F)F)C1.Cc1c(C#N)cc[nH]c1=O. The van der Waals surface area contributed by atoms with Crippen molar-refractivity contribution in [3.63, 3.8) is 0 Å². The van der Waals surface area contributed by atoms with E-state index in [9.17, 15) is 22.8 Å². The van der Waals surface area contributed by atoms with Crippen LogP contribution in [0, 0.1) is 24.2 Å². The largest absolute Gasteiger partial charge is 0.573 e. The third kappa shape index (κ3) is 6.60. The van der Waals surface area contributed by atoms with Crippen molar-refractivity contribution in [2.24, 2.45) is 5.92 Å². The van der Waals surface area contributed by atoms with Crippen LogP contribution in [-0.4, -0.2) is 34.7 Å². The molecule has 1 aliphatic rings. The van der Waals surface area contributed by atoms with Gasteiger partial charge in [-0.2, -0.15) is 5.26 Å². The van der Waals surface area contributed by atoms with Gasteiger partial charge < -0.3 is 14.6 Å². The molecule has 0 bridgehead atoms. The first-order valence-corrected chi connectivity index (χ1v) is 9.77. The number of amides is 1. The van der Waals surface area contributed by atoms with Crippen molar-refractivity contribution < 1.29 is 22.7 Å². The van der Waals surface area contributed by atoms with Crippen molar-refractivity contribution in [3.8, 4) is 11.8 Å². The molecule has 0 spiro atoms. The third-order valence-electron chi connectivity index (χ3n) is 5.05. The number of halogens is 3. The Morgan fingerprint density at radius 3 is 2.52 bits per heavy atom. The fourth-order valence-electron chi connectivity index (χ4n) is 3.26. The zero-order valence-corrected chi connectivity index (χ0v) is 17.5. The van der Waals surface area contributed by atoms with Crippen molar-refractivity contribution in [2.75, 3.05) is 6.54 Å². The summed E-state index contributed by atoms with van der Waals surface area (Å²) in [5.41, 5.74) is 0.670. The van der Waals surface area contributed by atoms with Gasteiger partial charge in [0.05, 0.1) is 17.2 Å². The topological polar surface area (TPSA) is 86.2 Å². The van der Waals surface area contributed by atoms with Crippen LogP contribution in [0.1, 0.15) is 48.2 Å². The molecule has 2 heterocycles. The molecule has 1 aliphatic heterocycles. The van der Waals surface area contributed by atoms with Crippen LogP contribution in [0.4, 0.5) is 13.2 Å². The normalized spacial score (nSPS) is 18.4. The number of nitrogens with zero attached hydrogens (tertiary/aromatic N) is 2. The minimum atomic E-state index is -4.81. The lowest BCUT2D eigenvalue weighted by Crippen LogP contribution is -2.45. The number of likely N-dealkylation sites (tertiary alicyclic amines) is 1. The average molecular weight is 435 g/mol. The van der Waals surface area contributed by atoms with Gasteiger partial charge in [-0.3, -0.25) is 9.59 Å². The number of para-hydroxylation sites is 1. The number of nitrogens with one attached hydrogen (secondary N) is 1. The van der Waals surface area contributed by atoms with Gasteiger partial charge in [0, 0.05) is 24.3 Å². The van der Waals surface area contributed by atoms with Crippen LogP contribution in [-0.2, 0) is 0 Å². The summed E-state index contributed by atoms with van der Waals surface area (Å²) < 4.78 is 41.2. The molecule has 3 rings (SSSR count). The maximum Gasteiger partial charge on any atom is 0.573 e. The monoisotopic (exact) mass is 435 g/mol. The van der Waals surface area contributed by atoms with Gasteiger partial charge in [0.25, 0.3) is 11.5 Å². The summed E-state index contributed by atoms with van der Waals surface area (Å²) in [6.45, 7) is 6.12. The molecule has 1 fully saturated rings. The van der Waals surface area contributed by atoms with E-state index >= 15 is 0 Å². The van der Waals surface area contributed by atoms with Crippen LogP contribution in [0.5, 0.6) is 5.75 Å². The van der Waals surface area contributed by atoms with E-state index in [1.54, 1.807) is 17.9 Å². The van der Waals surface area contributed by atoms with E-state index in [2.05, 4.69) is 9.72 Å². The maximum absolute atomic E-state index is 12.5. The third-order valence-corrected chi connectivity index (χ3v) is 5.05. The van der Waals surface area contributed by atoms with Crippen molar-refractivity contribution in [2.45, 2.75) is 46.0 Å². The quantitative estimate of drug-likeness (QED) is 0.758. The fourth-order valence-corrected chi connectivity index (χ4v) is 3.26. The number of hydrogen-bond acceptors (Lipinski definition) is 4. The van der Waals surface area contributed by atoms with E-state index in [0.717, 1.165) is 12.8 Å². The number of piperidine rings is 1. The van der Waals surface area contributed by atoms with Gasteiger partial charge in [-0.1, -0.05) is 19.1 Å². The molecule has 0 unspecified atom stereocenters. The second kappa shape index (κ2) is 10.2. The first-order valence-electron chi connectivity index (χ1n) is 9.77. The number of rotatable bonds is 2. The number of carbonyl (C=O) groups is 1. The molecular weight excluding hydrogens is 411 g/mol. The Labute approximate surface area is 178 Å². The summed E-state index contributed by atoms with van der Waals surface area (Å²) in [5, 5.41) is 8.44. The molecule has 2 aromatic rings. The van der Waals surface area contributed by atoms with Crippen LogP contribution in [0.15, 0.2) is 41.3 Å². The van der Waals surface area contributed by atoms with Gasteiger partial charge in [-0.05, 0) is 50.8 Å². The molecule has 1 aromatic heterocycles. The maximum atomic E-state index is 12.5. The fraction of sp³-hybridized carbons (Fsp3) is 0.409. The zero-order valence-electron chi connectivity index (χ0n) is 17.5. The number of H-pyrrole nitrogens is 1. The van der Waals surface area contributed by atoms with Gasteiger partial charge in [0.1, 0.15) is 5.75 Å². The van der Waals surface area contributed by atoms with Crippen LogP contribution < -0.4 is 10.3 Å². The van der Waals surface area contributed by atoms with Gasteiger partial charge >= 0.3 is 6.36 Å². The van der Waals surface area contributed by atoms with Crippen molar-refractivity contribution in [1.82, 2.24) is 9.88 Å². The van der Waals surface area contributed by atoms with E-state index in [-0.39, 0.29) is 17.2 Å². The first-order chi connectivity index (χ1) is 14.5. The number of pyridine rings is 1. The number of benzene rings is 1. The predicted molar refractivity (Wildman–Crippen MR) is 109 cm³/mol. The lowest BCUT2D eigenvalue weighted by molar-refractivity contribution is -0.274. The van der Waals surface area contributed by atoms with E-state index in [0.29, 0.717) is 23.6 Å². The van der Waals surface area contributed by atoms with Crippen molar-refractivity contribution >= 4 is 5.91 Å². The Balaban J connectivity index is 0.000000285. The molecule has 2 atom stereocenters. The van der Waals surface area contributed by atoms with Gasteiger partial charge in [0.2, 0.25) is 0 Å². The van der Waals surface area contributed by atoms with Crippen LogP contribution in [0.3, 0.4) is 0 Å². The first kappa shape index (κ1) is 24.0. The molecule has 0 aliphatic carbocycles. The minimum Gasteiger partial charge on any atom is -0.405 e. The lowest BCUT2D eigenvalue weighted by atomic mass is 9.94. The van der Waals surface area contributed by atoms with Crippen LogP contribution >= 0.6 is 0 Å². The van der Waals surface area contributed by atoms with Gasteiger partial charge in [-0.25, -0.2) is 0 Å². The molecule has 1 N–H and O–H groups in total. The van der Waals surface area contributed by atoms with E-state index in [4.69, 9.17) is 5.26 Å². The number of nitriles is 1. The average Bonchev–Trinajstić information content (AvgIpc) is 2.71. The van der Waals surface area contributed by atoms with Gasteiger partial charge in [-0.15, -0.1) is 13.2 Å². The highest BCUT2D eigenvalue weighted by Crippen LogP contribution is 2.29. The lowest BCUT2D eigenvalue weighted by Gasteiger charge is -2.37. The standard InChI is InChI=1S/C15H18F3NO2.C7H6N2O/c1-10-7-8-11(2)19(9-10)14(20)12-5-3-4-6-13(12)21-15(16,17)18;1-5-6(4-8)2-3-9-7(5)10/h3-6,10-11H,7-9H2,1-2H3;2-3H,1H3,(H,9,10)/t10-,11-;/m1./s1. The highest BCUT2D eigenvalue weighted by atomic mass is 19.4. The minimum absolute atomic E-state index is 0.0210. The molecule has 1 amide bonds. The zero-order chi connectivity index (χ0) is 23.2. The summed E-state index contributed by atoms with van der Waals surface area (Å²) in [6, 6.07) is 9.01. The number of alkyl halides is 3. The number of hydrogen-bond donors (Lipinski definition) is 1. The summed E-state index contributed by atoms with van der Waals surface area (Å²) in [7, 11) is 0. The molecule has 0 saturated carbocycles. The Kier molecular flexibility index (Phi) is 7.86. The summed E-state index contributed by atoms with van der Waals surface area (Å²) >= 11 is 0. The van der Waals surface area contributed by atoms with Crippen LogP contribution in [0.2, 0.25) is 0 Å². The van der Waals surface area contributed by atoms with E-state index in [1.165, 1.54) is 30.5 Å². The number of aromatic amines is 1. The van der Waals surface area contributed by atoms with E-state index in [1.807, 2.05) is 19.9 Å². The number of ether oxygens (including phenoxy) is 1. The molecule has 31 heavy (non-hydrogen) atoms. The molecule has 0 radical (unpaired) electrons. The second-order valence-electron chi connectivity index (χ2n) is 7.49. The molecular formula is C22H24F3N3O3. The number of carbonyl (C=O) groups excluding carboxylic acids is 1. The van der Waals surface area contributed by atoms with E-state index < -0.39 is 18.0 Å². The predicted octanol–water partition coefficient (Wildman–Crippen LogP) is 4.40. The van der Waals surface area contributed by atoms with Crippen molar-refractivity contribution in [3.05, 3.63) is 63.6 Å². The summed E-state index contributed by atoms with van der Waals surface area (Å²) in [6.07, 6.45) is -1.47. The molecule has 1 aromatic carbocycles. The van der Waals surface area contributed by atoms with Crippen LogP contribution in [0.25, 0.3) is 0 Å². The molecule has 166 valence electrons. The van der Waals surface area contributed by atoms with Crippen molar-refractivity contribution in [1.29, 1.82) is 5.26 Å². The summed E-state index contributed by atoms with van der Waals surface area (Å²) in [5.74, 6) is -0.504. The molecule has 9 heteroatoms. The molecule has 1 saturated heterocycles. The smallest absolute Gasteiger partial charge is 0.405 e. The highest BCUT2D eigenvalue weighted by Gasteiger charge is 2.34. The summed E-state index contributed by atoms with van der Waals surface area (Å²) in [4.78, 5) is 27.4. The Bertz CT molecular complexity index is 1010. The molecule has 6 nitrogen and oxygen atoms in total. The second-order valence-corrected chi connectivity index (χ2v) is 7.49. The Morgan fingerprint density at radius 2 is 1.90 bits per heavy atom. The Morgan fingerprint density at radius 1 is 1.23 bits per heavy atom. The number of aromatic nitrogens is 1. The Hall–Kier alpha value is -3.28.